The number of hydrogen-bond donors (Lipinski definition) is 1. The molecule has 2 heterocycles. The van der Waals surface area contributed by atoms with E-state index in [4.69, 9.17) is 5.73 Å². The molecule has 1 aliphatic carbocycles. The van der Waals surface area contributed by atoms with E-state index in [1.807, 2.05) is 12.1 Å². The Bertz CT molecular complexity index is 513. The largest absolute Gasteiger partial charge is 0.384 e. The van der Waals surface area contributed by atoms with Crippen molar-refractivity contribution in [1.29, 1.82) is 0 Å². The number of nitrogens with zero attached hydrogens (tertiary/aromatic N) is 3. The number of aromatic nitrogens is 3. The van der Waals surface area contributed by atoms with Crippen LogP contribution in [0.1, 0.15) is 37.8 Å². The van der Waals surface area contributed by atoms with Crippen LogP contribution in [0.15, 0.2) is 18.3 Å². The zero-order chi connectivity index (χ0) is 11.1. The monoisotopic (exact) mass is 216 g/mol. The molecule has 0 aliphatic heterocycles. The number of nitrogen functional groups attached to an aromatic ring is 1. The van der Waals surface area contributed by atoms with E-state index in [1.165, 1.54) is 12.8 Å². The first kappa shape index (κ1) is 9.63. The van der Waals surface area contributed by atoms with Crippen molar-refractivity contribution in [3.63, 3.8) is 0 Å². The predicted octanol–water partition coefficient (Wildman–Crippen LogP) is 2.22. The lowest BCUT2D eigenvalue weighted by atomic mass is 9.96. The quantitative estimate of drug-likeness (QED) is 0.855. The molecule has 4 heteroatoms. The lowest BCUT2D eigenvalue weighted by molar-refractivity contribution is 0.571. The Hall–Kier alpha value is -1.58. The molecular formula is C12H16N4. The van der Waals surface area contributed by atoms with Crippen molar-refractivity contribution < 1.29 is 0 Å². The normalized spacial score (nSPS) is 17.8. The van der Waals surface area contributed by atoms with Crippen LogP contribution in [0.4, 0.5) is 5.82 Å². The number of anilines is 1. The summed E-state index contributed by atoms with van der Waals surface area (Å²) in [7, 11) is 0. The second kappa shape index (κ2) is 3.47. The van der Waals surface area contributed by atoms with Crippen molar-refractivity contribution in [3.8, 4) is 0 Å². The molecule has 3 rings (SSSR count). The molecule has 1 saturated carbocycles. The molecular weight excluding hydrogens is 200 g/mol. The van der Waals surface area contributed by atoms with Crippen molar-refractivity contribution in [3.05, 3.63) is 24.0 Å². The Labute approximate surface area is 94.5 Å². The molecule has 0 unspecified atom stereocenters. The minimum absolute atomic E-state index is 0.571. The van der Waals surface area contributed by atoms with E-state index in [-0.39, 0.29) is 0 Å². The van der Waals surface area contributed by atoms with Gasteiger partial charge in [0.15, 0.2) is 5.65 Å². The van der Waals surface area contributed by atoms with E-state index in [2.05, 4.69) is 17.0 Å². The Morgan fingerprint density at radius 3 is 3.06 bits per heavy atom. The Balaban J connectivity index is 2.08. The highest BCUT2D eigenvalue weighted by Crippen LogP contribution is 2.44. The SMILES string of the molecule is CC[C@@H](c1cc(N)n2nccc2n1)C1CC1. The van der Waals surface area contributed by atoms with Crippen molar-refractivity contribution in [2.45, 2.75) is 32.1 Å². The molecule has 16 heavy (non-hydrogen) atoms. The molecule has 1 fully saturated rings. The van der Waals surface area contributed by atoms with Gasteiger partial charge in [-0.25, -0.2) is 4.98 Å². The molecule has 2 aromatic heterocycles. The molecule has 4 nitrogen and oxygen atoms in total. The third-order valence-electron chi connectivity index (χ3n) is 3.42. The maximum atomic E-state index is 5.97. The standard InChI is InChI=1S/C12H16N4/c1-2-9(8-3-4-8)10-7-11(13)16-12(15-10)5-6-14-16/h5-9H,2-4,13H2,1H3/t9-/m1/s1. The van der Waals surface area contributed by atoms with Gasteiger partial charge in [0.1, 0.15) is 5.82 Å². The minimum atomic E-state index is 0.571. The molecule has 2 aromatic rings. The molecule has 1 atom stereocenters. The zero-order valence-electron chi connectivity index (χ0n) is 9.43. The lowest BCUT2D eigenvalue weighted by Crippen LogP contribution is -2.07. The van der Waals surface area contributed by atoms with Gasteiger partial charge in [0.25, 0.3) is 0 Å². The topological polar surface area (TPSA) is 56.2 Å². The average Bonchev–Trinajstić information content (AvgIpc) is 2.96. The van der Waals surface area contributed by atoms with Crippen molar-refractivity contribution in [2.24, 2.45) is 5.92 Å². The average molecular weight is 216 g/mol. The van der Waals surface area contributed by atoms with Crippen LogP contribution in [-0.2, 0) is 0 Å². The fraction of sp³-hybridized carbons (Fsp3) is 0.500. The predicted molar refractivity (Wildman–Crippen MR) is 63.2 cm³/mol. The van der Waals surface area contributed by atoms with Crippen LogP contribution in [0.2, 0.25) is 0 Å². The molecule has 0 aromatic carbocycles. The van der Waals surface area contributed by atoms with Gasteiger partial charge in [-0.05, 0) is 25.2 Å². The van der Waals surface area contributed by atoms with E-state index in [1.54, 1.807) is 10.7 Å². The summed E-state index contributed by atoms with van der Waals surface area (Å²) in [6, 6.07) is 3.88. The minimum Gasteiger partial charge on any atom is -0.384 e. The maximum Gasteiger partial charge on any atom is 0.157 e. The summed E-state index contributed by atoms with van der Waals surface area (Å²) in [6.45, 7) is 2.22. The van der Waals surface area contributed by atoms with E-state index >= 15 is 0 Å². The van der Waals surface area contributed by atoms with Crippen molar-refractivity contribution in [2.75, 3.05) is 5.73 Å². The number of fused-ring (bicyclic) bond motifs is 1. The van der Waals surface area contributed by atoms with Gasteiger partial charge < -0.3 is 5.73 Å². The Morgan fingerprint density at radius 1 is 1.56 bits per heavy atom. The lowest BCUT2D eigenvalue weighted by Gasteiger charge is -2.14. The first-order valence-electron chi connectivity index (χ1n) is 5.89. The second-order valence-corrected chi connectivity index (χ2v) is 4.56. The van der Waals surface area contributed by atoms with Crippen LogP contribution in [0.5, 0.6) is 0 Å². The van der Waals surface area contributed by atoms with Gasteiger partial charge in [0, 0.05) is 23.7 Å². The molecule has 0 saturated heterocycles. The van der Waals surface area contributed by atoms with E-state index < -0.39 is 0 Å². The summed E-state index contributed by atoms with van der Waals surface area (Å²) in [6.07, 6.45) is 5.55. The van der Waals surface area contributed by atoms with Gasteiger partial charge in [-0.3, -0.25) is 0 Å². The summed E-state index contributed by atoms with van der Waals surface area (Å²) in [5.41, 5.74) is 7.97. The molecule has 84 valence electrons. The van der Waals surface area contributed by atoms with Crippen LogP contribution in [-0.4, -0.2) is 14.6 Å². The summed E-state index contributed by atoms with van der Waals surface area (Å²) in [5, 5.41) is 4.13. The molecule has 2 N–H and O–H groups in total. The van der Waals surface area contributed by atoms with Crippen LogP contribution in [0.25, 0.3) is 5.65 Å². The summed E-state index contributed by atoms with van der Waals surface area (Å²) in [4.78, 5) is 4.65. The second-order valence-electron chi connectivity index (χ2n) is 4.56. The maximum absolute atomic E-state index is 5.97. The van der Waals surface area contributed by atoms with Gasteiger partial charge in [0.05, 0.1) is 6.20 Å². The van der Waals surface area contributed by atoms with Gasteiger partial charge >= 0.3 is 0 Å². The number of rotatable bonds is 3. The van der Waals surface area contributed by atoms with Crippen LogP contribution < -0.4 is 5.73 Å². The smallest absolute Gasteiger partial charge is 0.157 e. The highest BCUT2D eigenvalue weighted by atomic mass is 15.3. The van der Waals surface area contributed by atoms with Crippen molar-refractivity contribution in [1.82, 2.24) is 14.6 Å². The van der Waals surface area contributed by atoms with Crippen LogP contribution in [0.3, 0.4) is 0 Å². The van der Waals surface area contributed by atoms with Crippen LogP contribution >= 0.6 is 0 Å². The summed E-state index contributed by atoms with van der Waals surface area (Å²) in [5.74, 6) is 2.08. The molecule has 0 spiro atoms. The third kappa shape index (κ3) is 1.45. The summed E-state index contributed by atoms with van der Waals surface area (Å²) >= 11 is 0. The zero-order valence-corrected chi connectivity index (χ0v) is 9.43. The molecule has 0 radical (unpaired) electrons. The fourth-order valence-corrected chi connectivity index (χ4v) is 2.43. The van der Waals surface area contributed by atoms with E-state index in [0.29, 0.717) is 11.7 Å². The van der Waals surface area contributed by atoms with Gasteiger partial charge in [-0.1, -0.05) is 6.92 Å². The fourth-order valence-electron chi connectivity index (χ4n) is 2.43. The summed E-state index contributed by atoms with van der Waals surface area (Å²) < 4.78 is 1.68. The molecule has 1 aliphatic rings. The first-order valence-corrected chi connectivity index (χ1v) is 5.89. The molecule has 0 amide bonds. The third-order valence-corrected chi connectivity index (χ3v) is 3.42. The molecule has 0 bridgehead atoms. The van der Waals surface area contributed by atoms with Gasteiger partial charge in [0.2, 0.25) is 0 Å². The number of nitrogens with two attached hydrogens (primary N) is 1. The Morgan fingerprint density at radius 2 is 2.38 bits per heavy atom. The first-order chi connectivity index (χ1) is 7.79. The van der Waals surface area contributed by atoms with E-state index in [0.717, 1.165) is 23.7 Å². The van der Waals surface area contributed by atoms with Gasteiger partial charge in [-0.2, -0.15) is 9.61 Å². The highest BCUT2D eigenvalue weighted by Gasteiger charge is 2.32. The highest BCUT2D eigenvalue weighted by molar-refractivity contribution is 5.47. The number of hydrogen-bond acceptors (Lipinski definition) is 3. The Kier molecular flexibility index (Phi) is 2.09. The van der Waals surface area contributed by atoms with Crippen LogP contribution in [0, 0.1) is 5.92 Å². The van der Waals surface area contributed by atoms with Gasteiger partial charge in [-0.15, -0.1) is 0 Å². The van der Waals surface area contributed by atoms with E-state index in [9.17, 15) is 0 Å². The van der Waals surface area contributed by atoms with Crippen molar-refractivity contribution >= 4 is 11.5 Å².